The van der Waals surface area contributed by atoms with Crippen LogP contribution in [0.4, 0.5) is 10.8 Å². The lowest BCUT2D eigenvalue weighted by Crippen LogP contribution is -2.33. The van der Waals surface area contributed by atoms with Gasteiger partial charge in [0.05, 0.1) is 24.1 Å². The minimum Gasteiger partial charge on any atom is -0.337 e. The summed E-state index contributed by atoms with van der Waals surface area (Å²) >= 11 is 1.61. The molecule has 0 radical (unpaired) electrons. The Morgan fingerprint density at radius 2 is 2.15 bits per heavy atom. The third kappa shape index (κ3) is 4.15. The molecule has 4 rings (SSSR count). The molecule has 0 bridgehead atoms. The van der Waals surface area contributed by atoms with Gasteiger partial charge in [0.1, 0.15) is 17.6 Å². The maximum Gasteiger partial charge on any atom is 0.187 e. The Morgan fingerprint density at radius 1 is 1.30 bits per heavy atom. The fourth-order valence-corrected chi connectivity index (χ4v) is 4.14. The zero-order valence-electron chi connectivity index (χ0n) is 15.2. The molecule has 3 aromatic heterocycles. The van der Waals surface area contributed by atoms with Gasteiger partial charge in [-0.05, 0) is 38.1 Å². The maximum absolute atomic E-state index is 8.82. The largest absolute Gasteiger partial charge is 0.337 e. The Labute approximate surface area is 162 Å². The number of hydrogen-bond donors (Lipinski definition) is 1. The molecule has 1 saturated heterocycles. The summed E-state index contributed by atoms with van der Waals surface area (Å²) in [7, 11) is 2.04. The third-order valence-electron chi connectivity index (χ3n) is 4.94. The first-order valence-electron chi connectivity index (χ1n) is 8.98. The number of nitriles is 1. The minimum atomic E-state index is 0.415. The zero-order valence-corrected chi connectivity index (χ0v) is 16.0. The Kier molecular flexibility index (Phi) is 5.14. The monoisotopic (exact) mass is 379 g/mol. The lowest BCUT2D eigenvalue weighted by Gasteiger charge is -2.30. The van der Waals surface area contributed by atoms with Crippen LogP contribution in [0.15, 0.2) is 36.1 Å². The smallest absolute Gasteiger partial charge is 0.187 e. The summed E-state index contributed by atoms with van der Waals surface area (Å²) in [6.07, 6.45) is 7.75. The number of nitrogens with zero attached hydrogens (tertiary/aromatic N) is 6. The molecule has 0 atom stereocenters. The highest BCUT2D eigenvalue weighted by Gasteiger charge is 2.23. The Morgan fingerprint density at radius 3 is 2.81 bits per heavy atom. The van der Waals surface area contributed by atoms with E-state index in [-0.39, 0.29) is 0 Å². The van der Waals surface area contributed by atoms with Gasteiger partial charge in [0, 0.05) is 30.7 Å². The Bertz CT molecular complexity index is 930. The second-order valence-corrected chi connectivity index (χ2v) is 7.61. The van der Waals surface area contributed by atoms with Crippen LogP contribution in [0.1, 0.15) is 36.0 Å². The second kappa shape index (κ2) is 7.86. The van der Waals surface area contributed by atoms with Crippen molar-refractivity contribution < 1.29 is 0 Å². The van der Waals surface area contributed by atoms with Crippen molar-refractivity contribution in [2.45, 2.75) is 25.3 Å². The van der Waals surface area contributed by atoms with Gasteiger partial charge in [-0.3, -0.25) is 4.90 Å². The maximum atomic E-state index is 8.82. The molecule has 0 unspecified atom stereocenters. The van der Waals surface area contributed by atoms with Gasteiger partial charge in [0.15, 0.2) is 5.13 Å². The number of thiazole rings is 1. The lowest BCUT2D eigenvalue weighted by atomic mass is 9.94. The molecule has 0 amide bonds. The topological polar surface area (TPSA) is 82.7 Å². The van der Waals surface area contributed by atoms with E-state index in [1.54, 1.807) is 23.6 Å². The van der Waals surface area contributed by atoms with Crippen molar-refractivity contribution in [1.82, 2.24) is 24.4 Å². The summed E-state index contributed by atoms with van der Waals surface area (Å²) in [6.45, 7) is 3.04. The molecule has 0 spiro atoms. The summed E-state index contributed by atoms with van der Waals surface area (Å²) in [5.41, 5.74) is 2.43. The van der Waals surface area contributed by atoms with Gasteiger partial charge in [0.25, 0.3) is 0 Å². The first-order valence-corrected chi connectivity index (χ1v) is 9.86. The summed E-state index contributed by atoms with van der Waals surface area (Å²) < 4.78 is 2.09. The third-order valence-corrected chi connectivity index (χ3v) is 5.72. The molecule has 4 heterocycles. The number of imidazole rings is 1. The summed E-state index contributed by atoms with van der Waals surface area (Å²) in [5, 5.41) is 15.1. The molecule has 1 N–H and O–H groups in total. The summed E-state index contributed by atoms with van der Waals surface area (Å²) in [6, 6.07) is 5.58. The van der Waals surface area contributed by atoms with Gasteiger partial charge in [-0.2, -0.15) is 5.26 Å². The number of piperidine rings is 1. The van der Waals surface area contributed by atoms with Crippen molar-refractivity contribution in [3.8, 4) is 6.07 Å². The molecular weight excluding hydrogens is 358 g/mol. The van der Waals surface area contributed by atoms with E-state index in [1.165, 1.54) is 5.69 Å². The molecular formula is C19H21N7S. The Hall–Kier alpha value is -2.76. The first kappa shape index (κ1) is 17.6. The predicted molar refractivity (Wildman–Crippen MR) is 105 cm³/mol. The van der Waals surface area contributed by atoms with Crippen LogP contribution < -0.4 is 5.32 Å². The molecule has 138 valence electrons. The van der Waals surface area contributed by atoms with Crippen molar-refractivity contribution in [2.75, 3.05) is 18.4 Å². The number of aromatic nitrogens is 4. The van der Waals surface area contributed by atoms with Crippen molar-refractivity contribution in [1.29, 1.82) is 5.26 Å². The van der Waals surface area contributed by atoms with Crippen LogP contribution in [-0.4, -0.2) is 37.5 Å². The van der Waals surface area contributed by atoms with E-state index < -0.39 is 0 Å². The van der Waals surface area contributed by atoms with Gasteiger partial charge in [-0.25, -0.2) is 15.0 Å². The standard InChI is InChI=1S/C19H21N7S/c1-25-9-6-21-18(25)12-26-7-4-14(5-8-26)17-13-27-19(24-17)23-16-3-2-15(10-20)22-11-16/h2-3,6,9,11,13-14H,4-5,7-8,12H2,1H3,(H,23,24). The van der Waals surface area contributed by atoms with E-state index in [4.69, 9.17) is 10.2 Å². The lowest BCUT2D eigenvalue weighted by molar-refractivity contribution is 0.197. The Balaban J connectivity index is 1.32. The van der Waals surface area contributed by atoms with Crippen LogP contribution in [0, 0.1) is 11.3 Å². The number of pyridine rings is 1. The molecule has 0 aromatic carbocycles. The summed E-state index contributed by atoms with van der Waals surface area (Å²) in [5.74, 6) is 1.62. The van der Waals surface area contributed by atoms with Gasteiger partial charge in [-0.1, -0.05) is 0 Å². The number of anilines is 2. The molecule has 27 heavy (non-hydrogen) atoms. The fourth-order valence-electron chi connectivity index (χ4n) is 3.32. The fraction of sp³-hybridized carbons (Fsp3) is 0.368. The minimum absolute atomic E-state index is 0.415. The van der Waals surface area contributed by atoms with Crippen LogP contribution in [0.25, 0.3) is 0 Å². The van der Waals surface area contributed by atoms with Crippen LogP contribution >= 0.6 is 11.3 Å². The molecule has 0 aliphatic carbocycles. The highest BCUT2D eigenvalue weighted by molar-refractivity contribution is 7.13. The molecule has 0 saturated carbocycles. The SMILES string of the molecule is Cn1ccnc1CN1CCC(c2csc(Nc3ccc(C#N)nc3)n2)CC1. The van der Waals surface area contributed by atoms with Crippen LogP contribution in [0.2, 0.25) is 0 Å². The van der Waals surface area contributed by atoms with Crippen molar-refractivity contribution in [2.24, 2.45) is 7.05 Å². The number of likely N-dealkylation sites (tertiary alicyclic amines) is 1. The van der Waals surface area contributed by atoms with E-state index >= 15 is 0 Å². The second-order valence-electron chi connectivity index (χ2n) is 6.75. The molecule has 8 heteroatoms. The van der Waals surface area contributed by atoms with Gasteiger partial charge in [-0.15, -0.1) is 11.3 Å². The summed E-state index contributed by atoms with van der Waals surface area (Å²) in [4.78, 5) is 15.7. The number of hydrogen-bond acceptors (Lipinski definition) is 7. The quantitative estimate of drug-likeness (QED) is 0.733. The molecule has 1 fully saturated rings. The predicted octanol–water partition coefficient (Wildman–Crippen LogP) is 3.27. The average molecular weight is 379 g/mol. The first-order chi connectivity index (χ1) is 13.2. The highest BCUT2D eigenvalue weighted by Crippen LogP contribution is 2.31. The van der Waals surface area contributed by atoms with E-state index in [1.807, 2.05) is 31.6 Å². The van der Waals surface area contributed by atoms with Crippen molar-refractivity contribution in [3.05, 3.63) is 53.3 Å². The molecule has 7 nitrogen and oxygen atoms in total. The van der Waals surface area contributed by atoms with E-state index in [0.717, 1.165) is 49.1 Å². The number of aryl methyl sites for hydroxylation is 1. The van der Waals surface area contributed by atoms with Gasteiger partial charge in [0.2, 0.25) is 0 Å². The van der Waals surface area contributed by atoms with Gasteiger partial charge < -0.3 is 9.88 Å². The average Bonchev–Trinajstić information content (AvgIpc) is 3.32. The molecule has 1 aliphatic rings. The van der Waals surface area contributed by atoms with Crippen LogP contribution in [0.3, 0.4) is 0 Å². The normalized spacial score (nSPS) is 15.6. The van der Waals surface area contributed by atoms with Crippen molar-refractivity contribution >= 4 is 22.2 Å². The van der Waals surface area contributed by atoms with Crippen LogP contribution in [0.5, 0.6) is 0 Å². The molecule has 3 aromatic rings. The molecule has 1 aliphatic heterocycles. The van der Waals surface area contributed by atoms with Crippen molar-refractivity contribution in [3.63, 3.8) is 0 Å². The van der Waals surface area contributed by atoms with E-state index in [0.29, 0.717) is 11.6 Å². The zero-order chi connectivity index (χ0) is 18.6. The number of nitrogens with one attached hydrogen (secondary N) is 1. The number of rotatable bonds is 5. The van der Waals surface area contributed by atoms with E-state index in [2.05, 4.69) is 30.1 Å². The highest BCUT2D eigenvalue weighted by atomic mass is 32.1. The van der Waals surface area contributed by atoms with Crippen LogP contribution in [-0.2, 0) is 13.6 Å². The van der Waals surface area contributed by atoms with E-state index in [9.17, 15) is 0 Å². The van der Waals surface area contributed by atoms with Gasteiger partial charge >= 0.3 is 0 Å².